The van der Waals surface area contributed by atoms with Crippen LogP contribution in [0.3, 0.4) is 0 Å². The quantitative estimate of drug-likeness (QED) is 0.602. The van der Waals surface area contributed by atoms with Gasteiger partial charge in [-0.2, -0.15) is 0 Å². The molecule has 0 aliphatic carbocycles. The van der Waals surface area contributed by atoms with Crippen LogP contribution in [0, 0.1) is 0 Å². The number of aliphatic hydroxyl groups excluding tert-OH is 1. The van der Waals surface area contributed by atoms with E-state index in [9.17, 15) is 0 Å². The van der Waals surface area contributed by atoms with Gasteiger partial charge in [0.1, 0.15) is 0 Å². The van der Waals surface area contributed by atoms with Gasteiger partial charge in [0.2, 0.25) is 0 Å². The predicted octanol–water partition coefficient (Wildman–Crippen LogP) is 0.189. The van der Waals surface area contributed by atoms with Crippen LogP contribution in [-0.2, 0) is 4.74 Å². The first-order valence-electron chi connectivity index (χ1n) is 6.11. The fraction of sp³-hybridized carbons (Fsp3) is 0.833. The molecule has 0 aromatic heterocycles. The molecular formula is C12H24N2O2. The maximum Gasteiger partial charge on any atom is 0.0594 e. The standard InChI is InChI=1S/C12H24N2O2/c1-2-4-13(7-10-15)5-3-6-14-8-11-16-12-9-14/h2,15H,1,3-12H2. The lowest BCUT2D eigenvalue weighted by molar-refractivity contribution is 0.0360. The molecule has 1 saturated heterocycles. The molecule has 0 atom stereocenters. The first kappa shape index (κ1) is 13.6. The van der Waals surface area contributed by atoms with Gasteiger partial charge >= 0.3 is 0 Å². The number of nitrogens with zero attached hydrogens (tertiary/aromatic N) is 2. The minimum absolute atomic E-state index is 0.228. The minimum Gasteiger partial charge on any atom is -0.395 e. The lowest BCUT2D eigenvalue weighted by Gasteiger charge is -2.27. The van der Waals surface area contributed by atoms with E-state index >= 15 is 0 Å². The van der Waals surface area contributed by atoms with Crippen LogP contribution < -0.4 is 0 Å². The van der Waals surface area contributed by atoms with Gasteiger partial charge in [0.05, 0.1) is 19.8 Å². The van der Waals surface area contributed by atoms with Crippen LogP contribution >= 0.6 is 0 Å². The zero-order valence-corrected chi connectivity index (χ0v) is 10.1. The molecule has 0 aromatic carbocycles. The van der Waals surface area contributed by atoms with Crippen molar-refractivity contribution in [1.82, 2.24) is 9.80 Å². The van der Waals surface area contributed by atoms with E-state index in [1.54, 1.807) is 0 Å². The van der Waals surface area contributed by atoms with E-state index in [0.717, 1.165) is 58.9 Å². The van der Waals surface area contributed by atoms with Crippen molar-refractivity contribution < 1.29 is 9.84 Å². The van der Waals surface area contributed by atoms with Gasteiger partial charge in [-0.25, -0.2) is 0 Å². The molecule has 1 rings (SSSR count). The summed E-state index contributed by atoms with van der Waals surface area (Å²) >= 11 is 0. The fourth-order valence-corrected chi connectivity index (χ4v) is 1.96. The smallest absolute Gasteiger partial charge is 0.0594 e. The zero-order valence-electron chi connectivity index (χ0n) is 10.1. The van der Waals surface area contributed by atoms with E-state index in [-0.39, 0.29) is 6.61 Å². The Balaban J connectivity index is 2.08. The second-order valence-electron chi connectivity index (χ2n) is 4.12. The van der Waals surface area contributed by atoms with Gasteiger partial charge in [-0.1, -0.05) is 6.08 Å². The molecule has 1 aliphatic heterocycles. The van der Waals surface area contributed by atoms with E-state index in [0.29, 0.717) is 0 Å². The van der Waals surface area contributed by atoms with Crippen molar-refractivity contribution in [3.05, 3.63) is 12.7 Å². The molecule has 0 unspecified atom stereocenters. The van der Waals surface area contributed by atoms with Crippen LogP contribution in [0.15, 0.2) is 12.7 Å². The van der Waals surface area contributed by atoms with Gasteiger partial charge in [0.25, 0.3) is 0 Å². The molecule has 1 N–H and O–H groups in total. The molecule has 0 radical (unpaired) electrons. The van der Waals surface area contributed by atoms with Crippen LogP contribution in [0.5, 0.6) is 0 Å². The average molecular weight is 228 g/mol. The molecule has 0 spiro atoms. The van der Waals surface area contributed by atoms with Gasteiger partial charge in [-0.3, -0.25) is 9.80 Å². The van der Waals surface area contributed by atoms with E-state index in [2.05, 4.69) is 16.4 Å². The maximum absolute atomic E-state index is 8.91. The molecule has 1 heterocycles. The third-order valence-electron chi connectivity index (χ3n) is 2.86. The van der Waals surface area contributed by atoms with Crippen molar-refractivity contribution in [1.29, 1.82) is 0 Å². The molecule has 0 amide bonds. The Labute approximate surface area is 98.5 Å². The Hall–Kier alpha value is -0.420. The summed E-state index contributed by atoms with van der Waals surface area (Å²) in [5.41, 5.74) is 0. The summed E-state index contributed by atoms with van der Waals surface area (Å²) in [5, 5.41) is 8.91. The highest BCUT2D eigenvalue weighted by Crippen LogP contribution is 1.99. The van der Waals surface area contributed by atoms with Crippen LogP contribution in [0.1, 0.15) is 6.42 Å². The zero-order chi connectivity index (χ0) is 11.6. The Morgan fingerprint density at radius 1 is 1.31 bits per heavy atom. The molecule has 4 nitrogen and oxygen atoms in total. The minimum atomic E-state index is 0.228. The molecular weight excluding hydrogens is 204 g/mol. The number of rotatable bonds is 8. The van der Waals surface area contributed by atoms with Crippen molar-refractivity contribution in [2.45, 2.75) is 6.42 Å². The molecule has 0 aromatic rings. The topological polar surface area (TPSA) is 35.9 Å². The van der Waals surface area contributed by atoms with Gasteiger partial charge in [-0.15, -0.1) is 6.58 Å². The van der Waals surface area contributed by atoms with Crippen LogP contribution in [0.2, 0.25) is 0 Å². The van der Waals surface area contributed by atoms with E-state index in [4.69, 9.17) is 9.84 Å². The Morgan fingerprint density at radius 3 is 2.69 bits per heavy atom. The van der Waals surface area contributed by atoms with E-state index < -0.39 is 0 Å². The molecule has 16 heavy (non-hydrogen) atoms. The second kappa shape index (κ2) is 8.70. The maximum atomic E-state index is 8.91. The Morgan fingerprint density at radius 2 is 2.06 bits per heavy atom. The second-order valence-corrected chi connectivity index (χ2v) is 4.12. The molecule has 0 saturated carbocycles. The Kier molecular flexibility index (Phi) is 7.42. The number of aliphatic hydroxyl groups is 1. The summed E-state index contributed by atoms with van der Waals surface area (Å²) < 4.78 is 5.31. The normalized spacial score (nSPS) is 17.9. The Bertz CT molecular complexity index is 182. The van der Waals surface area contributed by atoms with Crippen molar-refractivity contribution in [2.75, 3.05) is 59.1 Å². The fourth-order valence-electron chi connectivity index (χ4n) is 1.96. The highest BCUT2D eigenvalue weighted by atomic mass is 16.5. The van der Waals surface area contributed by atoms with Crippen LogP contribution in [0.4, 0.5) is 0 Å². The number of hydrogen-bond acceptors (Lipinski definition) is 4. The summed E-state index contributed by atoms with van der Waals surface area (Å²) in [6.07, 6.45) is 3.04. The lowest BCUT2D eigenvalue weighted by Crippen LogP contribution is -2.38. The first-order valence-corrected chi connectivity index (χ1v) is 6.11. The summed E-state index contributed by atoms with van der Waals surface area (Å²) in [6, 6.07) is 0. The van der Waals surface area contributed by atoms with Gasteiger partial charge in [0, 0.05) is 26.2 Å². The van der Waals surface area contributed by atoms with Gasteiger partial charge < -0.3 is 9.84 Å². The molecule has 1 aliphatic rings. The van der Waals surface area contributed by atoms with Crippen molar-refractivity contribution in [3.8, 4) is 0 Å². The van der Waals surface area contributed by atoms with Crippen LogP contribution in [-0.4, -0.2) is 74.0 Å². The highest BCUT2D eigenvalue weighted by molar-refractivity contribution is 4.73. The monoisotopic (exact) mass is 228 g/mol. The highest BCUT2D eigenvalue weighted by Gasteiger charge is 2.10. The molecule has 4 heteroatoms. The summed E-state index contributed by atoms with van der Waals surface area (Å²) in [6.45, 7) is 11.6. The largest absolute Gasteiger partial charge is 0.395 e. The first-order chi connectivity index (χ1) is 7.86. The third kappa shape index (κ3) is 5.61. The predicted molar refractivity (Wildman–Crippen MR) is 65.6 cm³/mol. The van der Waals surface area contributed by atoms with Gasteiger partial charge in [0.15, 0.2) is 0 Å². The van der Waals surface area contributed by atoms with E-state index in [1.807, 2.05) is 6.08 Å². The van der Waals surface area contributed by atoms with Gasteiger partial charge in [-0.05, 0) is 19.5 Å². The third-order valence-corrected chi connectivity index (χ3v) is 2.86. The van der Waals surface area contributed by atoms with Crippen molar-refractivity contribution in [2.24, 2.45) is 0 Å². The average Bonchev–Trinajstić information content (AvgIpc) is 2.31. The SMILES string of the molecule is C=CCN(CCO)CCCN1CCOCC1. The summed E-state index contributed by atoms with van der Waals surface area (Å²) in [5.74, 6) is 0. The molecule has 1 fully saturated rings. The molecule has 94 valence electrons. The number of ether oxygens (including phenoxy) is 1. The number of hydrogen-bond donors (Lipinski definition) is 1. The summed E-state index contributed by atoms with van der Waals surface area (Å²) in [4.78, 5) is 4.67. The van der Waals surface area contributed by atoms with Crippen LogP contribution in [0.25, 0.3) is 0 Å². The van der Waals surface area contributed by atoms with E-state index in [1.165, 1.54) is 0 Å². The lowest BCUT2D eigenvalue weighted by atomic mass is 10.3. The summed E-state index contributed by atoms with van der Waals surface area (Å²) in [7, 11) is 0. The van der Waals surface area contributed by atoms with Crippen molar-refractivity contribution in [3.63, 3.8) is 0 Å². The number of morpholine rings is 1. The molecule has 0 bridgehead atoms. The van der Waals surface area contributed by atoms with Crippen molar-refractivity contribution >= 4 is 0 Å².